The number of aromatic hydroxyl groups is 1. The number of allylic oxidation sites excluding steroid dienone is 2. The van der Waals surface area contributed by atoms with Crippen molar-refractivity contribution in [3.8, 4) is 5.75 Å². The molecule has 0 heterocycles. The molecule has 24 heavy (non-hydrogen) atoms. The van der Waals surface area contributed by atoms with Gasteiger partial charge in [0.2, 0.25) is 0 Å². The van der Waals surface area contributed by atoms with E-state index in [-0.39, 0.29) is 11.2 Å². The third-order valence-corrected chi connectivity index (χ3v) is 5.59. The highest BCUT2D eigenvalue weighted by Gasteiger charge is 2.41. The topological polar surface area (TPSA) is 37.3 Å². The van der Waals surface area contributed by atoms with Crippen LogP contribution in [0.4, 0.5) is 0 Å². The first-order valence-electron chi connectivity index (χ1n) is 8.78. The van der Waals surface area contributed by atoms with Crippen molar-refractivity contribution in [3.05, 3.63) is 76.9 Å². The molecule has 1 N–H and O–H groups in total. The summed E-state index contributed by atoms with van der Waals surface area (Å²) in [5.74, 6) is 0.596. The van der Waals surface area contributed by atoms with Gasteiger partial charge in [-0.2, -0.15) is 0 Å². The lowest BCUT2D eigenvalue weighted by atomic mass is 9.63. The molecule has 122 valence electrons. The maximum atomic E-state index is 12.1. The number of ketones is 1. The van der Waals surface area contributed by atoms with Gasteiger partial charge in [-0.1, -0.05) is 42.0 Å². The second-order valence-electron chi connectivity index (χ2n) is 7.08. The number of hydrogen-bond donors (Lipinski definition) is 1. The average Bonchev–Trinajstić information content (AvgIpc) is 2.72. The minimum absolute atomic E-state index is 0.102. The molecule has 2 aliphatic carbocycles. The Bertz CT molecular complexity index is 804. The first-order chi connectivity index (χ1) is 11.7. The second kappa shape index (κ2) is 5.94. The van der Waals surface area contributed by atoms with Crippen LogP contribution in [0, 0.1) is 0 Å². The van der Waals surface area contributed by atoms with E-state index in [0.717, 1.165) is 32.1 Å². The molecule has 4 rings (SSSR count). The fourth-order valence-corrected chi connectivity index (χ4v) is 4.49. The highest BCUT2D eigenvalue weighted by Crippen LogP contribution is 2.48. The number of phenolic OH excluding ortho intramolecular Hbond substituents is 1. The minimum atomic E-state index is -0.102. The molecular formula is C22H22O2. The Morgan fingerprint density at radius 2 is 1.83 bits per heavy atom. The molecule has 2 aliphatic rings. The van der Waals surface area contributed by atoms with E-state index in [1.54, 1.807) is 6.07 Å². The van der Waals surface area contributed by atoms with E-state index in [9.17, 15) is 9.90 Å². The van der Waals surface area contributed by atoms with Crippen LogP contribution in [-0.2, 0) is 23.1 Å². The van der Waals surface area contributed by atoms with E-state index in [1.165, 1.54) is 22.3 Å². The first kappa shape index (κ1) is 15.2. The van der Waals surface area contributed by atoms with E-state index in [1.807, 2.05) is 18.2 Å². The summed E-state index contributed by atoms with van der Waals surface area (Å²) in [6.45, 7) is 0. The monoisotopic (exact) mass is 318 g/mol. The van der Waals surface area contributed by atoms with Gasteiger partial charge in [-0.25, -0.2) is 0 Å². The largest absolute Gasteiger partial charge is 0.508 e. The molecule has 2 aromatic rings. The van der Waals surface area contributed by atoms with Crippen LogP contribution < -0.4 is 0 Å². The lowest BCUT2D eigenvalue weighted by molar-refractivity contribution is -0.115. The summed E-state index contributed by atoms with van der Waals surface area (Å²) in [6.07, 6.45) is 7.27. The molecule has 0 saturated carbocycles. The van der Waals surface area contributed by atoms with Crippen molar-refractivity contribution in [2.45, 2.75) is 43.9 Å². The highest BCUT2D eigenvalue weighted by atomic mass is 16.3. The Morgan fingerprint density at radius 3 is 2.67 bits per heavy atom. The van der Waals surface area contributed by atoms with Crippen molar-refractivity contribution in [2.24, 2.45) is 0 Å². The van der Waals surface area contributed by atoms with Crippen molar-refractivity contribution >= 4 is 5.78 Å². The third-order valence-electron chi connectivity index (χ3n) is 5.59. The molecule has 0 aromatic heterocycles. The second-order valence-corrected chi connectivity index (χ2v) is 7.08. The number of benzene rings is 2. The molecule has 0 fully saturated rings. The average molecular weight is 318 g/mol. The number of carbonyl (C=O) groups excluding carboxylic acids is 1. The van der Waals surface area contributed by atoms with Gasteiger partial charge in [0.05, 0.1) is 0 Å². The molecule has 0 aliphatic heterocycles. The molecule has 2 aromatic carbocycles. The van der Waals surface area contributed by atoms with Gasteiger partial charge in [-0.05, 0) is 67.0 Å². The van der Waals surface area contributed by atoms with Gasteiger partial charge in [0, 0.05) is 11.8 Å². The summed E-state index contributed by atoms with van der Waals surface area (Å²) >= 11 is 0. The van der Waals surface area contributed by atoms with Crippen LogP contribution in [0.25, 0.3) is 0 Å². The van der Waals surface area contributed by atoms with E-state index < -0.39 is 0 Å². The third kappa shape index (κ3) is 2.56. The predicted octanol–water partition coefficient (Wildman–Crippen LogP) is 4.50. The van der Waals surface area contributed by atoms with Crippen molar-refractivity contribution < 1.29 is 9.90 Å². The van der Waals surface area contributed by atoms with Crippen LogP contribution >= 0.6 is 0 Å². The Hall–Kier alpha value is -2.35. The fourth-order valence-electron chi connectivity index (χ4n) is 4.49. The van der Waals surface area contributed by atoms with Gasteiger partial charge in [0.15, 0.2) is 5.78 Å². The number of hydrogen-bond acceptors (Lipinski definition) is 2. The molecule has 2 heteroatoms. The standard InChI is InChI=1S/C22H22O2/c23-19-9-10-21-17(13-19)7-4-8-18-14-20(24)11-12-22(18,21)15-16-5-2-1-3-6-16/h1-3,5-6,9-10,13-14,23H,4,7-8,11-12,15H2. The lowest BCUT2D eigenvalue weighted by Gasteiger charge is -2.39. The maximum absolute atomic E-state index is 12.1. The van der Waals surface area contributed by atoms with E-state index in [2.05, 4.69) is 30.3 Å². The quantitative estimate of drug-likeness (QED) is 0.885. The maximum Gasteiger partial charge on any atom is 0.155 e. The molecule has 0 saturated heterocycles. The highest BCUT2D eigenvalue weighted by molar-refractivity contribution is 5.92. The van der Waals surface area contributed by atoms with E-state index in [0.29, 0.717) is 12.2 Å². The molecule has 1 unspecified atom stereocenters. The van der Waals surface area contributed by atoms with Gasteiger partial charge in [0.1, 0.15) is 5.75 Å². The predicted molar refractivity (Wildman–Crippen MR) is 95.2 cm³/mol. The molecular weight excluding hydrogens is 296 g/mol. The van der Waals surface area contributed by atoms with Crippen LogP contribution in [-0.4, -0.2) is 10.9 Å². The Balaban J connectivity index is 1.90. The number of rotatable bonds is 2. The van der Waals surface area contributed by atoms with Gasteiger partial charge >= 0.3 is 0 Å². The first-order valence-corrected chi connectivity index (χ1v) is 8.78. The number of fused-ring (bicyclic) bond motifs is 3. The normalized spacial score (nSPS) is 23.0. The number of aryl methyl sites for hydroxylation is 1. The van der Waals surface area contributed by atoms with Gasteiger partial charge < -0.3 is 5.11 Å². The molecule has 1 atom stereocenters. The Morgan fingerprint density at radius 1 is 1.00 bits per heavy atom. The smallest absolute Gasteiger partial charge is 0.155 e. The Labute approximate surface area is 142 Å². The number of phenols is 1. The molecule has 2 nitrogen and oxygen atoms in total. The summed E-state index contributed by atoms with van der Waals surface area (Å²) in [6, 6.07) is 16.4. The van der Waals surface area contributed by atoms with Crippen LogP contribution in [0.1, 0.15) is 42.4 Å². The molecule has 0 spiro atoms. The summed E-state index contributed by atoms with van der Waals surface area (Å²) < 4.78 is 0. The van der Waals surface area contributed by atoms with Crippen LogP contribution in [0.3, 0.4) is 0 Å². The van der Waals surface area contributed by atoms with Crippen LogP contribution in [0.2, 0.25) is 0 Å². The summed E-state index contributed by atoms with van der Waals surface area (Å²) in [5, 5.41) is 9.92. The zero-order chi connectivity index (χ0) is 16.6. The molecule has 0 radical (unpaired) electrons. The van der Waals surface area contributed by atoms with E-state index >= 15 is 0 Å². The van der Waals surface area contributed by atoms with Gasteiger partial charge in [-0.15, -0.1) is 0 Å². The van der Waals surface area contributed by atoms with Gasteiger partial charge in [0.25, 0.3) is 0 Å². The molecule has 0 bridgehead atoms. The fraction of sp³-hybridized carbons (Fsp3) is 0.318. The van der Waals surface area contributed by atoms with Crippen molar-refractivity contribution in [1.29, 1.82) is 0 Å². The Kier molecular flexibility index (Phi) is 3.76. The summed E-state index contributed by atoms with van der Waals surface area (Å²) in [4.78, 5) is 12.1. The summed E-state index contributed by atoms with van der Waals surface area (Å²) in [5.41, 5.74) is 5.03. The number of carbonyl (C=O) groups is 1. The van der Waals surface area contributed by atoms with Crippen molar-refractivity contribution in [3.63, 3.8) is 0 Å². The van der Waals surface area contributed by atoms with Gasteiger partial charge in [-0.3, -0.25) is 4.79 Å². The van der Waals surface area contributed by atoms with Crippen molar-refractivity contribution in [2.75, 3.05) is 0 Å². The SMILES string of the molecule is O=C1C=C2CCCc3cc(O)ccc3C2(Cc2ccccc2)CC1. The minimum Gasteiger partial charge on any atom is -0.508 e. The van der Waals surface area contributed by atoms with Crippen LogP contribution in [0.15, 0.2) is 60.2 Å². The molecule has 0 amide bonds. The van der Waals surface area contributed by atoms with Crippen molar-refractivity contribution in [1.82, 2.24) is 0 Å². The van der Waals surface area contributed by atoms with E-state index in [4.69, 9.17) is 0 Å². The summed E-state index contributed by atoms with van der Waals surface area (Å²) in [7, 11) is 0. The lowest BCUT2D eigenvalue weighted by Crippen LogP contribution is -2.35. The zero-order valence-electron chi connectivity index (χ0n) is 13.8. The van der Waals surface area contributed by atoms with Crippen LogP contribution in [0.5, 0.6) is 5.75 Å². The zero-order valence-corrected chi connectivity index (χ0v) is 13.8.